The van der Waals surface area contributed by atoms with Crippen molar-refractivity contribution < 1.29 is 0 Å². The van der Waals surface area contributed by atoms with Gasteiger partial charge in [-0.2, -0.15) is 0 Å². The first-order chi connectivity index (χ1) is 7.31. The SMILES string of the molecule is CC1CN(CC2CC3CCC2C3)CCN1. The second-order valence-electron chi connectivity index (χ2n) is 6.05. The molecule has 2 heteroatoms. The van der Waals surface area contributed by atoms with Crippen LogP contribution in [0.3, 0.4) is 0 Å². The van der Waals surface area contributed by atoms with Crippen molar-refractivity contribution in [3.05, 3.63) is 0 Å². The van der Waals surface area contributed by atoms with Crippen molar-refractivity contribution in [1.82, 2.24) is 10.2 Å². The Hall–Kier alpha value is -0.0800. The number of fused-ring (bicyclic) bond motifs is 2. The van der Waals surface area contributed by atoms with Crippen LogP contribution < -0.4 is 5.32 Å². The smallest absolute Gasteiger partial charge is 0.0167 e. The average molecular weight is 208 g/mol. The van der Waals surface area contributed by atoms with E-state index in [4.69, 9.17) is 0 Å². The summed E-state index contributed by atoms with van der Waals surface area (Å²) in [7, 11) is 0. The highest BCUT2D eigenvalue weighted by atomic mass is 15.2. The third kappa shape index (κ3) is 2.07. The van der Waals surface area contributed by atoms with Crippen molar-refractivity contribution in [2.45, 2.75) is 38.6 Å². The van der Waals surface area contributed by atoms with E-state index in [1.54, 1.807) is 19.3 Å². The quantitative estimate of drug-likeness (QED) is 0.743. The van der Waals surface area contributed by atoms with Crippen molar-refractivity contribution in [2.24, 2.45) is 17.8 Å². The van der Waals surface area contributed by atoms with Crippen molar-refractivity contribution >= 4 is 0 Å². The lowest BCUT2D eigenvalue weighted by atomic mass is 9.88. The molecule has 0 aromatic carbocycles. The van der Waals surface area contributed by atoms with E-state index in [-0.39, 0.29) is 0 Å². The molecule has 2 saturated carbocycles. The molecule has 1 saturated heterocycles. The summed E-state index contributed by atoms with van der Waals surface area (Å²) in [5.74, 6) is 3.26. The van der Waals surface area contributed by atoms with Gasteiger partial charge in [0.2, 0.25) is 0 Å². The van der Waals surface area contributed by atoms with E-state index in [1.165, 1.54) is 32.6 Å². The molecule has 0 radical (unpaired) electrons. The van der Waals surface area contributed by atoms with Gasteiger partial charge in [0.15, 0.2) is 0 Å². The van der Waals surface area contributed by atoms with Crippen molar-refractivity contribution in [2.75, 3.05) is 26.2 Å². The van der Waals surface area contributed by atoms with Gasteiger partial charge < -0.3 is 10.2 Å². The Kier molecular flexibility index (Phi) is 2.73. The van der Waals surface area contributed by atoms with Crippen LogP contribution >= 0.6 is 0 Å². The fourth-order valence-electron chi connectivity index (χ4n) is 4.11. The van der Waals surface area contributed by atoms with Crippen molar-refractivity contribution in [1.29, 1.82) is 0 Å². The summed E-state index contributed by atoms with van der Waals surface area (Å²) in [6.07, 6.45) is 6.19. The van der Waals surface area contributed by atoms with Crippen LogP contribution in [0.25, 0.3) is 0 Å². The van der Waals surface area contributed by atoms with Crippen LogP contribution in [0.1, 0.15) is 32.6 Å². The van der Waals surface area contributed by atoms with Gasteiger partial charge in [-0.25, -0.2) is 0 Å². The van der Waals surface area contributed by atoms with E-state index >= 15 is 0 Å². The number of rotatable bonds is 2. The number of nitrogens with zero attached hydrogens (tertiary/aromatic N) is 1. The maximum atomic E-state index is 3.53. The molecule has 1 N–H and O–H groups in total. The topological polar surface area (TPSA) is 15.3 Å². The molecule has 1 aliphatic heterocycles. The second-order valence-corrected chi connectivity index (χ2v) is 6.05. The Morgan fingerprint density at radius 2 is 2.20 bits per heavy atom. The molecule has 3 aliphatic rings. The van der Waals surface area contributed by atoms with Gasteiger partial charge in [0.25, 0.3) is 0 Å². The monoisotopic (exact) mass is 208 g/mol. The molecular weight excluding hydrogens is 184 g/mol. The molecule has 1 heterocycles. The maximum Gasteiger partial charge on any atom is 0.0167 e. The molecule has 0 aromatic heterocycles. The Balaban J connectivity index is 1.52. The standard InChI is InChI=1S/C13H24N2/c1-10-8-15(5-4-14-10)9-13-7-11-2-3-12(13)6-11/h10-14H,2-9H2,1H3. The van der Waals surface area contributed by atoms with Crippen molar-refractivity contribution in [3.8, 4) is 0 Å². The molecule has 2 nitrogen and oxygen atoms in total. The van der Waals surface area contributed by atoms with Crippen LogP contribution in [0.15, 0.2) is 0 Å². The minimum Gasteiger partial charge on any atom is -0.312 e. The van der Waals surface area contributed by atoms with Gasteiger partial charge in [0.05, 0.1) is 0 Å². The minimum atomic E-state index is 0.706. The molecule has 2 bridgehead atoms. The summed E-state index contributed by atoms with van der Waals surface area (Å²) in [6.45, 7) is 7.45. The summed E-state index contributed by atoms with van der Waals surface area (Å²) in [5.41, 5.74) is 0. The van der Waals surface area contributed by atoms with E-state index in [1.807, 2.05) is 0 Å². The lowest BCUT2D eigenvalue weighted by Crippen LogP contribution is -2.50. The first-order valence-electron chi connectivity index (χ1n) is 6.77. The summed E-state index contributed by atoms with van der Waals surface area (Å²) in [6, 6.07) is 0.706. The third-order valence-electron chi connectivity index (χ3n) is 4.83. The van der Waals surface area contributed by atoms with Gasteiger partial charge in [-0.3, -0.25) is 0 Å². The Labute approximate surface area is 93.4 Å². The molecule has 3 rings (SSSR count). The highest BCUT2D eigenvalue weighted by Gasteiger charge is 2.40. The molecule has 0 aromatic rings. The van der Waals surface area contributed by atoms with Crippen molar-refractivity contribution in [3.63, 3.8) is 0 Å². The fraction of sp³-hybridized carbons (Fsp3) is 1.00. The maximum absolute atomic E-state index is 3.53. The Bertz CT molecular complexity index is 229. The van der Waals surface area contributed by atoms with Gasteiger partial charge in [-0.15, -0.1) is 0 Å². The lowest BCUT2D eigenvalue weighted by molar-refractivity contribution is 0.153. The predicted octanol–water partition coefficient (Wildman–Crippen LogP) is 1.72. The summed E-state index contributed by atoms with van der Waals surface area (Å²) in [4.78, 5) is 2.70. The Morgan fingerprint density at radius 1 is 1.27 bits per heavy atom. The minimum absolute atomic E-state index is 0.706. The fourth-order valence-corrected chi connectivity index (χ4v) is 4.11. The van der Waals surface area contributed by atoms with Gasteiger partial charge in [-0.1, -0.05) is 6.42 Å². The first-order valence-corrected chi connectivity index (χ1v) is 6.77. The highest BCUT2D eigenvalue weighted by molar-refractivity contribution is 4.92. The van der Waals surface area contributed by atoms with E-state index in [2.05, 4.69) is 17.1 Å². The highest BCUT2D eigenvalue weighted by Crippen LogP contribution is 2.48. The molecule has 4 atom stereocenters. The number of nitrogens with one attached hydrogen (secondary N) is 1. The second kappa shape index (κ2) is 4.06. The van der Waals surface area contributed by atoms with Crippen LogP contribution in [-0.2, 0) is 0 Å². The van der Waals surface area contributed by atoms with Gasteiger partial charge in [-0.05, 0) is 43.9 Å². The van der Waals surface area contributed by atoms with Gasteiger partial charge >= 0.3 is 0 Å². The molecule has 4 unspecified atom stereocenters. The molecule has 15 heavy (non-hydrogen) atoms. The number of hydrogen-bond acceptors (Lipinski definition) is 2. The van der Waals surface area contributed by atoms with Crippen LogP contribution in [0.4, 0.5) is 0 Å². The number of hydrogen-bond donors (Lipinski definition) is 1. The Morgan fingerprint density at radius 3 is 2.87 bits per heavy atom. The zero-order chi connectivity index (χ0) is 10.3. The zero-order valence-electron chi connectivity index (χ0n) is 9.91. The molecule has 0 amide bonds. The first kappa shape index (κ1) is 10.1. The van der Waals surface area contributed by atoms with Crippen LogP contribution in [0, 0.1) is 17.8 Å². The van der Waals surface area contributed by atoms with E-state index in [0.717, 1.165) is 17.8 Å². The van der Waals surface area contributed by atoms with E-state index in [9.17, 15) is 0 Å². The average Bonchev–Trinajstić information content (AvgIpc) is 2.79. The van der Waals surface area contributed by atoms with Crippen LogP contribution in [0.2, 0.25) is 0 Å². The van der Waals surface area contributed by atoms with E-state index < -0.39 is 0 Å². The van der Waals surface area contributed by atoms with Crippen LogP contribution in [0.5, 0.6) is 0 Å². The van der Waals surface area contributed by atoms with E-state index in [0.29, 0.717) is 6.04 Å². The summed E-state index contributed by atoms with van der Waals surface area (Å²) >= 11 is 0. The van der Waals surface area contributed by atoms with Gasteiger partial charge in [0.1, 0.15) is 0 Å². The number of piperazine rings is 1. The molecule has 0 spiro atoms. The molecule has 2 aliphatic carbocycles. The molecule has 3 fully saturated rings. The largest absolute Gasteiger partial charge is 0.312 e. The third-order valence-corrected chi connectivity index (χ3v) is 4.83. The lowest BCUT2D eigenvalue weighted by Gasteiger charge is -2.35. The molecular formula is C13H24N2. The zero-order valence-corrected chi connectivity index (χ0v) is 9.91. The normalized spacial score (nSPS) is 46.2. The summed E-state index contributed by atoms with van der Waals surface area (Å²) < 4.78 is 0. The summed E-state index contributed by atoms with van der Waals surface area (Å²) in [5, 5.41) is 3.53. The van der Waals surface area contributed by atoms with Gasteiger partial charge in [0, 0.05) is 32.2 Å². The predicted molar refractivity (Wildman–Crippen MR) is 62.8 cm³/mol. The molecule has 86 valence electrons. The van der Waals surface area contributed by atoms with Crippen LogP contribution in [-0.4, -0.2) is 37.1 Å².